The van der Waals surface area contributed by atoms with Crippen LogP contribution in [0.4, 0.5) is 0 Å². The van der Waals surface area contributed by atoms with E-state index >= 15 is 0 Å². The van der Waals surface area contributed by atoms with Gasteiger partial charge in [-0.15, -0.1) is 0 Å². The van der Waals surface area contributed by atoms with E-state index in [-0.39, 0.29) is 18.3 Å². The predicted molar refractivity (Wildman–Crippen MR) is 133 cm³/mol. The molecule has 1 amide bonds. The molecule has 0 N–H and O–H groups in total. The van der Waals surface area contributed by atoms with Crippen LogP contribution in [0.25, 0.3) is 0 Å². The highest BCUT2D eigenvalue weighted by Crippen LogP contribution is 2.17. The lowest BCUT2D eigenvalue weighted by Gasteiger charge is -2.27. The van der Waals surface area contributed by atoms with Crippen LogP contribution in [0.5, 0.6) is 0 Å². The first kappa shape index (κ1) is 26.7. The summed E-state index contributed by atoms with van der Waals surface area (Å²) in [4.78, 5) is 26.9. The van der Waals surface area contributed by atoms with Crippen LogP contribution >= 0.6 is 0 Å². The Kier molecular flexibility index (Phi) is 12.4. The molecule has 182 valence electrons. The number of hydrogen-bond donors (Lipinski definition) is 0. The number of carbonyl (C=O) groups excluding carboxylic acids is 2. The number of furan rings is 1. The zero-order chi connectivity index (χ0) is 23.9. The van der Waals surface area contributed by atoms with E-state index in [9.17, 15) is 9.59 Å². The summed E-state index contributed by atoms with van der Waals surface area (Å²) in [5.41, 5.74) is 4.45. The lowest BCUT2D eigenvalue weighted by atomic mass is 10.0. The normalized spacial score (nSPS) is 15.6. The van der Waals surface area contributed by atoms with Crippen molar-refractivity contribution in [2.75, 3.05) is 19.7 Å². The standard InChI is InChI=1S/C28H41NO4/c1-4-33-28(31)26(21-27(30)29-18-6-5-7-19-29)16-10-14-24(3)12-8-11-23(2)13-9-15-25-17-20-32-22-25/h12-13,16-17,20,22H,4-11,14-15,18-19,21H2,1-3H3/b23-13+,24-12+,26-16+. The maximum atomic E-state index is 12.6. The van der Waals surface area contributed by atoms with Crippen molar-refractivity contribution in [3.05, 3.63) is 59.1 Å². The van der Waals surface area contributed by atoms with Crippen LogP contribution in [0.3, 0.4) is 0 Å². The van der Waals surface area contributed by atoms with Crippen molar-refractivity contribution in [2.24, 2.45) is 0 Å². The molecule has 0 spiro atoms. The van der Waals surface area contributed by atoms with E-state index < -0.39 is 0 Å². The summed E-state index contributed by atoms with van der Waals surface area (Å²) in [6.45, 7) is 8.04. The molecule has 5 heteroatoms. The highest BCUT2D eigenvalue weighted by Gasteiger charge is 2.21. The Labute approximate surface area is 199 Å². The molecule has 5 nitrogen and oxygen atoms in total. The minimum absolute atomic E-state index is 0.0382. The topological polar surface area (TPSA) is 59.8 Å². The van der Waals surface area contributed by atoms with E-state index in [2.05, 4.69) is 26.0 Å². The highest BCUT2D eigenvalue weighted by atomic mass is 16.5. The maximum Gasteiger partial charge on any atom is 0.334 e. The fourth-order valence-electron chi connectivity index (χ4n) is 4.01. The Morgan fingerprint density at radius 3 is 2.30 bits per heavy atom. The molecule has 1 aromatic rings. The lowest BCUT2D eigenvalue weighted by Crippen LogP contribution is -2.36. The van der Waals surface area contributed by atoms with E-state index in [1.54, 1.807) is 19.5 Å². The van der Waals surface area contributed by atoms with Gasteiger partial charge in [-0.1, -0.05) is 29.4 Å². The fraction of sp³-hybridized carbons (Fsp3) is 0.571. The summed E-state index contributed by atoms with van der Waals surface area (Å²) < 4.78 is 10.3. The molecule has 1 aromatic heterocycles. The van der Waals surface area contributed by atoms with E-state index in [1.165, 1.54) is 23.1 Å². The van der Waals surface area contributed by atoms with Gasteiger partial charge >= 0.3 is 5.97 Å². The molecule has 0 aliphatic carbocycles. The van der Waals surface area contributed by atoms with Crippen molar-refractivity contribution in [1.82, 2.24) is 4.90 Å². The van der Waals surface area contributed by atoms with Crippen molar-refractivity contribution >= 4 is 11.9 Å². The number of aryl methyl sites for hydroxylation is 1. The molecule has 0 unspecified atom stereocenters. The van der Waals surface area contributed by atoms with Crippen LogP contribution in [0.2, 0.25) is 0 Å². The molecule has 1 saturated heterocycles. The Balaban J connectivity index is 1.77. The van der Waals surface area contributed by atoms with E-state index in [1.807, 2.05) is 17.0 Å². The summed E-state index contributed by atoms with van der Waals surface area (Å²) in [6, 6.07) is 2.01. The van der Waals surface area contributed by atoms with Gasteiger partial charge in [0.2, 0.25) is 5.91 Å². The van der Waals surface area contributed by atoms with Gasteiger partial charge in [0.05, 0.1) is 25.6 Å². The number of likely N-dealkylation sites (tertiary alicyclic amines) is 1. The molecular formula is C28H41NO4. The van der Waals surface area contributed by atoms with Gasteiger partial charge in [0, 0.05) is 18.7 Å². The van der Waals surface area contributed by atoms with Crippen molar-refractivity contribution in [2.45, 2.75) is 85.0 Å². The molecule has 1 aliphatic heterocycles. The second kappa shape index (κ2) is 15.3. The second-order valence-electron chi connectivity index (χ2n) is 8.92. The number of piperidine rings is 1. The minimum Gasteiger partial charge on any atom is -0.472 e. The third kappa shape index (κ3) is 10.7. The molecule has 2 rings (SSSR count). The number of hydrogen-bond acceptors (Lipinski definition) is 4. The van der Waals surface area contributed by atoms with E-state index in [0.29, 0.717) is 12.2 Å². The van der Waals surface area contributed by atoms with Crippen molar-refractivity contribution in [1.29, 1.82) is 0 Å². The van der Waals surface area contributed by atoms with Gasteiger partial charge in [0.25, 0.3) is 0 Å². The number of rotatable bonds is 13. The van der Waals surface area contributed by atoms with Gasteiger partial charge in [0.1, 0.15) is 0 Å². The number of carbonyl (C=O) groups is 2. The second-order valence-corrected chi connectivity index (χ2v) is 8.92. The molecule has 1 aliphatic rings. The summed E-state index contributed by atoms with van der Waals surface area (Å²) >= 11 is 0. The molecular weight excluding hydrogens is 414 g/mol. The largest absolute Gasteiger partial charge is 0.472 e. The maximum absolute atomic E-state index is 12.6. The van der Waals surface area contributed by atoms with Crippen molar-refractivity contribution < 1.29 is 18.7 Å². The van der Waals surface area contributed by atoms with Crippen LogP contribution in [0.15, 0.2) is 58.0 Å². The number of nitrogens with zero attached hydrogens (tertiary/aromatic N) is 1. The van der Waals surface area contributed by atoms with E-state index in [4.69, 9.17) is 9.15 Å². The number of ether oxygens (including phenoxy) is 1. The predicted octanol–water partition coefficient (Wildman–Crippen LogP) is 6.56. The third-order valence-electron chi connectivity index (χ3n) is 6.05. The highest BCUT2D eigenvalue weighted by molar-refractivity contribution is 5.95. The van der Waals surface area contributed by atoms with Crippen molar-refractivity contribution in [3.8, 4) is 0 Å². The lowest BCUT2D eigenvalue weighted by molar-refractivity contribution is -0.140. The number of esters is 1. The van der Waals surface area contributed by atoms with Crippen LogP contribution in [-0.2, 0) is 20.7 Å². The van der Waals surface area contributed by atoms with Gasteiger partial charge in [-0.05, 0) is 90.2 Å². The number of allylic oxidation sites excluding steroid dienone is 5. The molecule has 2 heterocycles. The Morgan fingerprint density at radius 1 is 1.00 bits per heavy atom. The van der Waals surface area contributed by atoms with Gasteiger partial charge in [-0.3, -0.25) is 4.79 Å². The molecule has 33 heavy (non-hydrogen) atoms. The Bertz CT molecular complexity index is 811. The quantitative estimate of drug-likeness (QED) is 0.192. The summed E-state index contributed by atoms with van der Waals surface area (Å²) in [6.07, 6.45) is 19.2. The average Bonchev–Trinajstić information content (AvgIpc) is 3.32. The van der Waals surface area contributed by atoms with Gasteiger partial charge in [-0.2, -0.15) is 0 Å². The zero-order valence-electron chi connectivity index (χ0n) is 20.7. The molecule has 0 aromatic carbocycles. The molecule has 1 fully saturated rings. The van der Waals surface area contributed by atoms with Gasteiger partial charge < -0.3 is 14.1 Å². The smallest absolute Gasteiger partial charge is 0.334 e. The first-order valence-electron chi connectivity index (χ1n) is 12.5. The summed E-state index contributed by atoms with van der Waals surface area (Å²) in [5, 5.41) is 0. The van der Waals surface area contributed by atoms with Crippen LogP contribution in [-0.4, -0.2) is 36.5 Å². The third-order valence-corrected chi connectivity index (χ3v) is 6.05. The minimum atomic E-state index is -0.360. The Hall–Kier alpha value is -2.56. The molecule has 0 saturated carbocycles. The summed E-state index contributed by atoms with van der Waals surface area (Å²) in [7, 11) is 0. The van der Waals surface area contributed by atoms with Crippen molar-refractivity contribution in [3.63, 3.8) is 0 Å². The molecule has 0 atom stereocenters. The molecule has 0 radical (unpaired) electrons. The Morgan fingerprint density at radius 2 is 1.67 bits per heavy atom. The first-order valence-corrected chi connectivity index (χ1v) is 12.5. The molecule has 0 bridgehead atoms. The first-order chi connectivity index (χ1) is 16.0. The van der Waals surface area contributed by atoms with E-state index in [0.717, 1.165) is 64.5 Å². The zero-order valence-corrected chi connectivity index (χ0v) is 20.7. The van der Waals surface area contributed by atoms with Gasteiger partial charge in [0.15, 0.2) is 0 Å². The van der Waals surface area contributed by atoms with Crippen LogP contribution < -0.4 is 0 Å². The monoisotopic (exact) mass is 455 g/mol. The van der Waals surface area contributed by atoms with Gasteiger partial charge in [-0.25, -0.2) is 4.79 Å². The average molecular weight is 456 g/mol. The number of amides is 1. The fourth-order valence-corrected chi connectivity index (χ4v) is 4.01. The SMILES string of the molecule is CCOC(=O)/C(=C/CC/C(C)=C/CC/C(C)=C/CCc1ccoc1)CC(=O)N1CCCCC1. The summed E-state index contributed by atoms with van der Waals surface area (Å²) in [5.74, 6) is -0.322. The van der Waals surface area contributed by atoms with Crippen LogP contribution in [0.1, 0.15) is 84.1 Å². The van der Waals surface area contributed by atoms with Crippen LogP contribution in [0, 0.1) is 0 Å².